The van der Waals surface area contributed by atoms with Crippen LogP contribution in [0.4, 0.5) is 0 Å². The number of ether oxygens (including phenoxy) is 1. The van der Waals surface area contributed by atoms with Gasteiger partial charge in [0.05, 0.1) is 12.0 Å². The molecule has 1 aliphatic rings. The molecule has 3 rings (SSSR count). The van der Waals surface area contributed by atoms with Crippen molar-refractivity contribution in [2.45, 2.75) is 24.6 Å². The molecule has 0 saturated heterocycles. The summed E-state index contributed by atoms with van der Waals surface area (Å²) in [6, 6.07) is 13.9. The van der Waals surface area contributed by atoms with Crippen LogP contribution < -0.4 is 4.74 Å². The predicted octanol–water partition coefficient (Wildman–Crippen LogP) is 5.34. The fourth-order valence-corrected chi connectivity index (χ4v) is 3.02. The summed E-state index contributed by atoms with van der Waals surface area (Å²) in [5, 5.41) is 0.508. The summed E-state index contributed by atoms with van der Waals surface area (Å²) in [6.07, 6.45) is 0. The van der Waals surface area contributed by atoms with Crippen molar-refractivity contribution in [2.75, 3.05) is 6.61 Å². The van der Waals surface area contributed by atoms with Crippen molar-refractivity contribution in [3.63, 3.8) is 0 Å². The van der Waals surface area contributed by atoms with Gasteiger partial charge < -0.3 is 4.74 Å². The molecule has 0 fully saturated rings. The number of alkyl halides is 1. The molecule has 1 heterocycles. The van der Waals surface area contributed by atoms with E-state index in [0.29, 0.717) is 5.02 Å². The van der Waals surface area contributed by atoms with Crippen LogP contribution >= 0.6 is 23.2 Å². The maximum Gasteiger partial charge on any atom is 0.123 e. The van der Waals surface area contributed by atoms with Crippen molar-refractivity contribution in [3.05, 3.63) is 64.2 Å². The molecule has 2 aromatic carbocycles. The first-order chi connectivity index (χ1) is 9.47. The van der Waals surface area contributed by atoms with E-state index in [2.05, 4.69) is 19.9 Å². The predicted molar refractivity (Wildman–Crippen MR) is 84.1 cm³/mol. The van der Waals surface area contributed by atoms with E-state index in [1.165, 1.54) is 5.56 Å². The van der Waals surface area contributed by atoms with Gasteiger partial charge in [0.15, 0.2) is 0 Å². The lowest BCUT2D eigenvalue weighted by molar-refractivity contribution is 0.291. The van der Waals surface area contributed by atoms with Gasteiger partial charge in [-0.1, -0.05) is 43.6 Å². The zero-order chi connectivity index (χ0) is 14.3. The number of benzene rings is 2. The minimum absolute atomic E-state index is 0.0380. The Morgan fingerprint density at radius 3 is 2.60 bits per heavy atom. The van der Waals surface area contributed by atoms with Gasteiger partial charge in [-0.15, -0.1) is 11.6 Å². The van der Waals surface area contributed by atoms with E-state index >= 15 is 0 Å². The quantitative estimate of drug-likeness (QED) is 0.681. The van der Waals surface area contributed by atoms with Crippen molar-refractivity contribution >= 4 is 23.2 Å². The van der Waals surface area contributed by atoms with Crippen molar-refractivity contribution < 1.29 is 4.74 Å². The van der Waals surface area contributed by atoms with Crippen LogP contribution in [0.25, 0.3) is 0 Å². The molecular weight excluding hydrogens is 291 g/mol. The van der Waals surface area contributed by atoms with Gasteiger partial charge in [0.25, 0.3) is 0 Å². The second-order valence-corrected chi connectivity index (χ2v) is 6.72. The molecule has 1 aliphatic heterocycles. The van der Waals surface area contributed by atoms with Crippen LogP contribution in [0.15, 0.2) is 42.5 Å². The van der Waals surface area contributed by atoms with Gasteiger partial charge in [0.1, 0.15) is 5.75 Å². The van der Waals surface area contributed by atoms with Crippen molar-refractivity contribution in [2.24, 2.45) is 0 Å². The van der Waals surface area contributed by atoms with Crippen molar-refractivity contribution in [1.82, 2.24) is 0 Å². The van der Waals surface area contributed by atoms with E-state index < -0.39 is 0 Å². The largest absolute Gasteiger partial charge is 0.492 e. The van der Waals surface area contributed by atoms with Gasteiger partial charge >= 0.3 is 0 Å². The van der Waals surface area contributed by atoms with Crippen LogP contribution in [-0.4, -0.2) is 6.61 Å². The van der Waals surface area contributed by atoms with Gasteiger partial charge in [-0.25, -0.2) is 0 Å². The summed E-state index contributed by atoms with van der Waals surface area (Å²) in [7, 11) is 0. The maximum atomic E-state index is 6.60. The summed E-state index contributed by atoms with van der Waals surface area (Å²) >= 11 is 12.6. The van der Waals surface area contributed by atoms with E-state index in [-0.39, 0.29) is 10.8 Å². The Morgan fingerprint density at radius 1 is 1.10 bits per heavy atom. The first kappa shape index (κ1) is 13.8. The third-order valence-electron chi connectivity index (χ3n) is 3.76. The fourth-order valence-electron chi connectivity index (χ4n) is 2.55. The van der Waals surface area contributed by atoms with E-state index in [4.69, 9.17) is 27.9 Å². The van der Waals surface area contributed by atoms with E-state index in [9.17, 15) is 0 Å². The Bertz CT molecular complexity index is 649. The second kappa shape index (κ2) is 4.98. The minimum Gasteiger partial charge on any atom is -0.492 e. The smallest absolute Gasteiger partial charge is 0.123 e. The molecule has 2 aromatic rings. The van der Waals surface area contributed by atoms with Crippen LogP contribution in [0.1, 0.15) is 35.9 Å². The second-order valence-electron chi connectivity index (χ2n) is 5.85. The van der Waals surface area contributed by atoms with Gasteiger partial charge in [-0.05, 0) is 35.4 Å². The van der Waals surface area contributed by atoms with Crippen LogP contribution in [-0.2, 0) is 5.41 Å². The van der Waals surface area contributed by atoms with Crippen LogP contribution in [0.3, 0.4) is 0 Å². The van der Waals surface area contributed by atoms with E-state index in [0.717, 1.165) is 23.5 Å². The van der Waals surface area contributed by atoms with Crippen LogP contribution in [0, 0.1) is 0 Å². The lowest BCUT2D eigenvalue weighted by Crippen LogP contribution is -2.18. The van der Waals surface area contributed by atoms with E-state index in [1.807, 2.05) is 36.4 Å². The summed E-state index contributed by atoms with van der Waals surface area (Å²) in [5.41, 5.74) is 3.35. The highest BCUT2D eigenvalue weighted by Gasteiger charge is 2.32. The molecule has 0 spiro atoms. The summed E-state index contributed by atoms with van der Waals surface area (Å²) in [4.78, 5) is 0. The topological polar surface area (TPSA) is 9.23 Å². The third-order valence-corrected chi connectivity index (χ3v) is 4.49. The zero-order valence-corrected chi connectivity index (χ0v) is 13.0. The van der Waals surface area contributed by atoms with Gasteiger partial charge in [0.2, 0.25) is 0 Å². The summed E-state index contributed by atoms with van der Waals surface area (Å²) in [5.74, 6) is 0.966. The molecule has 104 valence electrons. The Balaban J connectivity index is 1.99. The molecule has 0 bridgehead atoms. The average molecular weight is 307 g/mol. The standard InChI is InChI=1S/C17H16Cl2O/c1-17(2)10-20-15-7-6-12(9-14(15)17)16(19)11-4-3-5-13(18)8-11/h3-9,16H,10H2,1-2H3. The lowest BCUT2D eigenvalue weighted by Gasteiger charge is -2.17. The molecule has 0 N–H and O–H groups in total. The Labute approximate surface area is 129 Å². The number of rotatable bonds is 2. The average Bonchev–Trinajstić information content (AvgIpc) is 2.73. The Kier molecular flexibility index (Phi) is 3.43. The number of halogens is 2. The maximum absolute atomic E-state index is 6.60. The highest BCUT2D eigenvalue weighted by atomic mass is 35.5. The monoisotopic (exact) mass is 306 g/mol. The van der Waals surface area contributed by atoms with E-state index in [1.54, 1.807) is 0 Å². The molecule has 1 unspecified atom stereocenters. The number of hydrogen-bond acceptors (Lipinski definition) is 1. The van der Waals surface area contributed by atoms with Gasteiger partial charge in [-0.2, -0.15) is 0 Å². The molecule has 1 nitrogen and oxygen atoms in total. The summed E-state index contributed by atoms with van der Waals surface area (Å²) < 4.78 is 5.71. The van der Waals surface area contributed by atoms with Gasteiger partial charge in [-0.3, -0.25) is 0 Å². The molecule has 0 radical (unpaired) electrons. The molecular formula is C17H16Cl2O. The van der Waals surface area contributed by atoms with Crippen molar-refractivity contribution in [1.29, 1.82) is 0 Å². The minimum atomic E-state index is -0.199. The van der Waals surface area contributed by atoms with Crippen LogP contribution in [0.2, 0.25) is 5.02 Å². The highest BCUT2D eigenvalue weighted by molar-refractivity contribution is 6.30. The molecule has 3 heteroatoms. The molecule has 1 atom stereocenters. The van der Waals surface area contributed by atoms with Gasteiger partial charge in [0, 0.05) is 16.0 Å². The number of hydrogen-bond donors (Lipinski definition) is 0. The first-order valence-corrected chi connectivity index (χ1v) is 7.45. The normalized spacial score (nSPS) is 17.4. The number of fused-ring (bicyclic) bond motifs is 1. The SMILES string of the molecule is CC1(C)COc2ccc(C(Cl)c3cccc(Cl)c3)cc21. The van der Waals surface area contributed by atoms with Crippen LogP contribution in [0.5, 0.6) is 5.75 Å². The molecule has 0 amide bonds. The fraction of sp³-hybridized carbons (Fsp3) is 0.294. The molecule has 0 aromatic heterocycles. The Hall–Kier alpha value is -1.18. The molecule has 20 heavy (non-hydrogen) atoms. The molecule has 0 aliphatic carbocycles. The zero-order valence-electron chi connectivity index (χ0n) is 11.5. The summed E-state index contributed by atoms with van der Waals surface area (Å²) in [6.45, 7) is 5.09. The Morgan fingerprint density at radius 2 is 1.85 bits per heavy atom. The third kappa shape index (κ3) is 2.41. The molecule has 0 saturated carbocycles. The first-order valence-electron chi connectivity index (χ1n) is 6.64. The lowest BCUT2D eigenvalue weighted by atomic mass is 9.85. The van der Waals surface area contributed by atoms with Crippen molar-refractivity contribution in [3.8, 4) is 5.75 Å². The highest BCUT2D eigenvalue weighted by Crippen LogP contribution is 2.41.